The Morgan fingerprint density at radius 3 is 2.95 bits per heavy atom. The average molecular weight is 370 g/mol. The SMILES string of the molecule is O=[N+]([O-])c1cccc(Oc2nc(Cl)nc3[nH]cc(Br)c23)c1. The number of rotatable bonds is 3. The minimum Gasteiger partial charge on any atom is -0.438 e. The molecule has 2 aromatic heterocycles. The Morgan fingerprint density at radius 2 is 2.19 bits per heavy atom. The van der Waals surface area contributed by atoms with Crippen molar-refractivity contribution in [2.75, 3.05) is 0 Å². The summed E-state index contributed by atoms with van der Waals surface area (Å²) in [5.41, 5.74) is 0.430. The lowest BCUT2D eigenvalue weighted by Gasteiger charge is -2.06. The minimum atomic E-state index is -0.498. The van der Waals surface area contributed by atoms with Crippen LogP contribution in [-0.2, 0) is 0 Å². The molecule has 3 aromatic rings. The molecule has 9 heteroatoms. The molecule has 0 aliphatic rings. The molecule has 0 atom stereocenters. The third-order valence-corrected chi connectivity index (χ3v) is 3.46. The molecule has 7 nitrogen and oxygen atoms in total. The minimum absolute atomic E-state index is 0.0114. The first-order chi connectivity index (χ1) is 10.0. The summed E-state index contributed by atoms with van der Waals surface area (Å²) in [7, 11) is 0. The van der Waals surface area contributed by atoms with Crippen molar-refractivity contribution in [1.29, 1.82) is 0 Å². The third-order valence-electron chi connectivity index (χ3n) is 2.67. The molecule has 0 spiro atoms. The molecule has 0 unspecified atom stereocenters. The number of hydrogen-bond acceptors (Lipinski definition) is 5. The largest absolute Gasteiger partial charge is 0.438 e. The van der Waals surface area contributed by atoms with Crippen molar-refractivity contribution in [2.24, 2.45) is 0 Å². The van der Waals surface area contributed by atoms with Crippen LogP contribution in [0.4, 0.5) is 5.69 Å². The van der Waals surface area contributed by atoms with Crippen LogP contribution in [0.2, 0.25) is 5.28 Å². The van der Waals surface area contributed by atoms with E-state index in [0.29, 0.717) is 15.5 Å². The smallest absolute Gasteiger partial charge is 0.273 e. The van der Waals surface area contributed by atoms with E-state index in [1.807, 2.05) is 0 Å². The highest BCUT2D eigenvalue weighted by Crippen LogP contribution is 2.34. The van der Waals surface area contributed by atoms with E-state index >= 15 is 0 Å². The Kier molecular flexibility index (Phi) is 3.48. The molecule has 0 aliphatic carbocycles. The normalized spacial score (nSPS) is 10.8. The van der Waals surface area contributed by atoms with Gasteiger partial charge in [-0.3, -0.25) is 10.1 Å². The predicted octanol–water partition coefficient (Wildman–Crippen LogP) is 4.07. The van der Waals surface area contributed by atoms with Gasteiger partial charge in [0, 0.05) is 16.7 Å². The number of non-ortho nitro benzene ring substituents is 1. The van der Waals surface area contributed by atoms with E-state index in [1.54, 1.807) is 12.3 Å². The Hall–Kier alpha value is -2.19. The fraction of sp³-hybridized carbons (Fsp3) is 0. The summed E-state index contributed by atoms with van der Waals surface area (Å²) in [6, 6.07) is 5.80. The van der Waals surface area contributed by atoms with Crippen molar-refractivity contribution < 1.29 is 9.66 Å². The molecule has 0 radical (unpaired) electrons. The summed E-state index contributed by atoms with van der Waals surface area (Å²) in [5, 5.41) is 11.4. The van der Waals surface area contributed by atoms with E-state index in [2.05, 4.69) is 30.9 Å². The van der Waals surface area contributed by atoms with Crippen LogP contribution in [0.5, 0.6) is 11.6 Å². The zero-order valence-corrected chi connectivity index (χ0v) is 12.6. The number of hydrogen-bond donors (Lipinski definition) is 1. The van der Waals surface area contributed by atoms with Gasteiger partial charge in [0.25, 0.3) is 5.69 Å². The number of nitrogens with zero attached hydrogens (tertiary/aromatic N) is 3. The van der Waals surface area contributed by atoms with Crippen LogP contribution in [0.3, 0.4) is 0 Å². The highest BCUT2D eigenvalue weighted by Gasteiger charge is 2.15. The standard InChI is InChI=1S/C12H6BrClN4O3/c13-8-5-15-10-9(8)11(17-12(14)16-10)21-7-3-1-2-6(4-7)18(19)20/h1-5H,(H,15,16,17). The van der Waals surface area contributed by atoms with Crippen LogP contribution in [0.15, 0.2) is 34.9 Å². The summed E-state index contributed by atoms with van der Waals surface area (Å²) in [4.78, 5) is 21.2. The fourth-order valence-corrected chi connectivity index (χ4v) is 2.42. The first-order valence-corrected chi connectivity index (χ1v) is 6.84. The molecule has 0 saturated carbocycles. The second-order valence-electron chi connectivity index (χ2n) is 4.01. The lowest BCUT2D eigenvalue weighted by molar-refractivity contribution is -0.384. The van der Waals surface area contributed by atoms with Gasteiger partial charge in [-0.15, -0.1) is 0 Å². The van der Waals surface area contributed by atoms with E-state index in [0.717, 1.165) is 0 Å². The maximum absolute atomic E-state index is 10.8. The zero-order valence-electron chi connectivity index (χ0n) is 10.2. The van der Waals surface area contributed by atoms with Gasteiger partial charge in [0.2, 0.25) is 11.2 Å². The monoisotopic (exact) mass is 368 g/mol. The second-order valence-corrected chi connectivity index (χ2v) is 5.21. The zero-order chi connectivity index (χ0) is 15.0. The van der Waals surface area contributed by atoms with Gasteiger partial charge in [-0.2, -0.15) is 9.97 Å². The summed E-state index contributed by atoms with van der Waals surface area (Å²) in [6.45, 7) is 0. The summed E-state index contributed by atoms with van der Waals surface area (Å²) in [5.74, 6) is 0.493. The molecular weight excluding hydrogens is 364 g/mol. The number of ether oxygens (including phenoxy) is 1. The first-order valence-electron chi connectivity index (χ1n) is 5.67. The number of halogens is 2. The molecule has 0 aliphatic heterocycles. The number of nitrogens with one attached hydrogen (secondary N) is 1. The molecule has 0 fully saturated rings. The molecule has 3 rings (SSSR count). The lowest BCUT2D eigenvalue weighted by Crippen LogP contribution is -1.93. The molecule has 106 valence electrons. The highest BCUT2D eigenvalue weighted by atomic mass is 79.9. The Balaban J connectivity index is 2.07. The molecule has 0 bridgehead atoms. The van der Waals surface area contributed by atoms with Gasteiger partial charge >= 0.3 is 0 Å². The molecule has 2 heterocycles. The maximum Gasteiger partial charge on any atom is 0.273 e. The molecule has 1 N–H and O–H groups in total. The van der Waals surface area contributed by atoms with Crippen molar-refractivity contribution in [2.45, 2.75) is 0 Å². The van der Waals surface area contributed by atoms with E-state index in [4.69, 9.17) is 16.3 Å². The van der Waals surface area contributed by atoms with Crippen LogP contribution >= 0.6 is 27.5 Å². The average Bonchev–Trinajstić information content (AvgIpc) is 2.80. The van der Waals surface area contributed by atoms with Crippen molar-refractivity contribution in [3.63, 3.8) is 0 Å². The maximum atomic E-state index is 10.8. The van der Waals surface area contributed by atoms with Gasteiger partial charge in [-0.05, 0) is 33.6 Å². The van der Waals surface area contributed by atoms with Gasteiger partial charge in [-0.1, -0.05) is 6.07 Å². The molecule has 0 saturated heterocycles. The molecule has 1 aromatic carbocycles. The second kappa shape index (κ2) is 5.30. The number of aromatic nitrogens is 3. The molecule has 0 amide bonds. The van der Waals surface area contributed by atoms with E-state index in [-0.39, 0.29) is 22.6 Å². The fourth-order valence-electron chi connectivity index (χ4n) is 1.78. The van der Waals surface area contributed by atoms with E-state index < -0.39 is 4.92 Å². The van der Waals surface area contributed by atoms with Gasteiger partial charge in [0.1, 0.15) is 11.4 Å². The van der Waals surface area contributed by atoms with Crippen LogP contribution in [0, 0.1) is 10.1 Å². The number of benzene rings is 1. The number of fused-ring (bicyclic) bond motifs is 1. The highest BCUT2D eigenvalue weighted by molar-refractivity contribution is 9.10. The summed E-state index contributed by atoms with van der Waals surface area (Å²) in [6.07, 6.45) is 1.68. The first kappa shape index (κ1) is 13.8. The Labute approximate surface area is 131 Å². The van der Waals surface area contributed by atoms with Crippen molar-refractivity contribution in [3.05, 3.63) is 50.3 Å². The quantitative estimate of drug-likeness (QED) is 0.426. The number of aromatic amines is 1. The van der Waals surface area contributed by atoms with Crippen LogP contribution in [0.25, 0.3) is 11.0 Å². The van der Waals surface area contributed by atoms with Crippen LogP contribution in [-0.4, -0.2) is 19.9 Å². The van der Waals surface area contributed by atoms with Crippen molar-refractivity contribution >= 4 is 44.3 Å². The Bertz CT molecular complexity index is 852. The van der Waals surface area contributed by atoms with Gasteiger partial charge in [0.05, 0.1) is 16.4 Å². The predicted molar refractivity (Wildman–Crippen MR) is 79.8 cm³/mol. The van der Waals surface area contributed by atoms with E-state index in [1.165, 1.54) is 18.2 Å². The van der Waals surface area contributed by atoms with Crippen molar-refractivity contribution in [1.82, 2.24) is 15.0 Å². The molecular formula is C12H6BrClN4O3. The van der Waals surface area contributed by atoms with E-state index in [9.17, 15) is 10.1 Å². The topological polar surface area (TPSA) is 93.9 Å². The Morgan fingerprint density at radius 1 is 1.38 bits per heavy atom. The van der Waals surface area contributed by atoms with Crippen LogP contribution in [0.1, 0.15) is 0 Å². The van der Waals surface area contributed by atoms with Crippen molar-refractivity contribution in [3.8, 4) is 11.6 Å². The van der Waals surface area contributed by atoms with Gasteiger partial charge in [-0.25, -0.2) is 0 Å². The third kappa shape index (κ3) is 2.67. The lowest BCUT2D eigenvalue weighted by atomic mass is 10.3. The summed E-state index contributed by atoms with van der Waals surface area (Å²) < 4.78 is 6.32. The summed E-state index contributed by atoms with van der Waals surface area (Å²) >= 11 is 9.19. The number of H-pyrrole nitrogens is 1. The van der Waals surface area contributed by atoms with Gasteiger partial charge < -0.3 is 9.72 Å². The number of nitro benzene ring substituents is 1. The van der Waals surface area contributed by atoms with Crippen LogP contribution < -0.4 is 4.74 Å². The molecule has 21 heavy (non-hydrogen) atoms. The van der Waals surface area contributed by atoms with Gasteiger partial charge in [0.15, 0.2) is 0 Å². The number of nitro groups is 1.